The zero-order valence-corrected chi connectivity index (χ0v) is 12.4. The molecular formula is C16H20N2O3. The Hall–Kier alpha value is -2.30. The minimum Gasteiger partial charge on any atom is -0.481 e. The first-order valence-corrected chi connectivity index (χ1v) is 7.01. The fraction of sp³-hybridized carbons (Fsp3) is 0.375. The van der Waals surface area contributed by atoms with Crippen LogP contribution in [0, 0.1) is 13.8 Å². The molecule has 112 valence electrons. The van der Waals surface area contributed by atoms with E-state index < -0.39 is 5.97 Å². The van der Waals surface area contributed by atoms with Gasteiger partial charge >= 0.3 is 5.97 Å². The maximum atomic E-state index is 10.7. The van der Waals surface area contributed by atoms with Gasteiger partial charge in [-0.25, -0.2) is 4.98 Å². The largest absolute Gasteiger partial charge is 0.481 e. The Bertz CT molecular complexity index is 573. The van der Waals surface area contributed by atoms with Gasteiger partial charge in [0.15, 0.2) is 0 Å². The Balaban J connectivity index is 2.09. The molecule has 0 radical (unpaired) electrons. The third-order valence-electron chi connectivity index (χ3n) is 3.34. The highest BCUT2D eigenvalue weighted by atomic mass is 16.4. The summed E-state index contributed by atoms with van der Waals surface area (Å²) in [5.74, 6) is 0.707. The van der Waals surface area contributed by atoms with Crippen LogP contribution in [0.1, 0.15) is 30.2 Å². The summed E-state index contributed by atoms with van der Waals surface area (Å²) in [6.45, 7) is 5.00. The summed E-state index contributed by atoms with van der Waals surface area (Å²) < 4.78 is 5.62. The van der Waals surface area contributed by atoms with Crippen molar-refractivity contribution in [3.63, 3.8) is 0 Å². The van der Waals surface area contributed by atoms with Gasteiger partial charge < -0.3 is 14.4 Å². The number of carboxylic acids is 1. The molecule has 5 heteroatoms. The number of carboxylic acid groups (broad SMARTS) is 1. The van der Waals surface area contributed by atoms with Gasteiger partial charge in [0.1, 0.15) is 5.76 Å². The molecule has 1 N–H and O–H groups in total. The predicted octanol–water partition coefficient (Wildman–Crippen LogP) is 3.16. The normalized spacial score (nSPS) is 10.6. The molecule has 0 unspecified atom stereocenters. The average Bonchev–Trinajstić information content (AvgIpc) is 2.77. The Morgan fingerprint density at radius 3 is 2.57 bits per heavy atom. The monoisotopic (exact) mass is 288 g/mol. The number of benzene rings is 1. The lowest BCUT2D eigenvalue weighted by Crippen LogP contribution is -2.24. The van der Waals surface area contributed by atoms with E-state index in [1.54, 1.807) is 0 Å². The van der Waals surface area contributed by atoms with Crippen molar-refractivity contribution in [3.8, 4) is 0 Å². The van der Waals surface area contributed by atoms with Crippen LogP contribution in [0.25, 0.3) is 0 Å². The highest BCUT2D eigenvalue weighted by molar-refractivity contribution is 5.66. The van der Waals surface area contributed by atoms with Gasteiger partial charge in [-0.2, -0.15) is 0 Å². The summed E-state index contributed by atoms with van der Waals surface area (Å²) in [6, 6.07) is 9.89. The summed E-state index contributed by atoms with van der Waals surface area (Å²) in [4.78, 5) is 17.2. The second-order valence-corrected chi connectivity index (χ2v) is 5.00. The smallest absolute Gasteiger partial charge is 0.303 e. The van der Waals surface area contributed by atoms with Crippen molar-refractivity contribution < 1.29 is 14.3 Å². The van der Waals surface area contributed by atoms with Gasteiger partial charge in [0.25, 0.3) is 0 Å². The fourth-order valence-corrected chi connectivity index (χ4v) is 2.13. The molecule has 0 spiro atoms. The van der Waals surface area contributed by atoms with Crippen molar-refractivity contribution in [1.82, 2.24) is 4.98 Å². The maximum Gasteiger partial charge on any atom is 0.303 e. The number of aryl methyl sites for hydroxylation is 2. The number of oxazole rings is 1. The molecule has 0 amide bonds. The maximum absolute atomic E-state index is 10.7. The van der Waals surface area contributed by atoms with Crippen LogP contribution in [-0.4, -0.2) is 22.6 Å². The molecule has 1 aromatic heterocycles. The number of hydrogen-bond donors (Lipinski definition) is 1. The van der Waals surface area contributed by atoms with Crippen LogP contribution in [-0.2, 0) is 11.3 Å². The Labute approximate surface area is 124 Å². The van der Waals surface area contributed by atoms with Crippen LogP contribution >= 0.6 is 0 Å². The molecule has 0 fully saturated rings. The van der Waals surface area contributed by atoms with Gasteiger partial charge in [-0.3, -0.25) is 4.79 Å². The molecule has 0 saturated carbocycles. The van der Waals surface area contributed by atoms with Crippen molar-refractivity contribution in [1.29, 1.82) is 0 Å². The molecule has 0 aliphatic rings. The first-order valence-electron chi connectivity index (χ1n) is 7.01. The van der Waals surface area contributed by atoms with E-state index in [1.807, 2.05) is 44.2 Å². The molecule has 0 atom stereocenters. The Morgan fingerprint density at radius 1 is 1.29 bits per heavy atom. The van der Waals surface area contributed by atoms with Crippen molar-refractivity contribution >= 4 is 11.7 Å². The molecule has 1 aromatic carbocycles. The van der Waals surface area contributed by atoms with E-state index in [2.05, 4.69) is 9.88 Å². The zero-order chi connectivity index (χ0) is 15.2. The summed E-state index contributed by atoms with van der Waals surface area (Å²) in [5.41, 5.74) is 1.93. The highest BCUT2D eigenvalue weighted by Gasteiger charge is 2.13. The number of nitrogens with zero attached hydrogens (tertiary/aromatic N) is 2. The minimum atomic E-state index is -0.772. The van der Waals surface area contributed by atoms with E-state index in [0.29, 0.717) is 25.4 Å². The molecule has 0 bridgehead atoms. The zero-order valence-electron chi connectivity index (χ0n) is 12.4. The molecule has 1 heterocycles. The van der Waals surface area contributed by atoms with Crippen LogP contribution < -0.4 is 4.90 Å². The van der Waals surface area contributed by atoms with Crippen molar-refractivity contribution in [2.45, 2.75) is 33.2 Å². The van der Waals surface area contributed by atoms with Gasteiger partial charge in [0.2, 0.25) is 5.89 Å². The summed E-state index contributed by atoms with van der Waals surface area (Å²) in [5, 5.41) is 8.78. The second kappa shape index (κ2) is 6.92. The lowest BCUT2D eigenvalue weighted by molar-refractivity contribution is -0.137. The van der Waals surface area contributed by atoms with E-state index in [9.17, 15) is 4.79 Å². The summed E-state index contributed by atoms with van der Waals surface area (Å²) in [7, 11) is 0. The van der Waals surface area contributed by atoms with Crippen molar-refractivity contribution in [2.75, 3.05) is 11.4 Å². The predicted molar refractivity (Wildman–Crippen MR) is 80.3 cm³/mol. The third kappa shape index (κ3) is 4.34. The topological polar surface area (TPSA) is 66.6 Å². The Morgan fingerprint density at radius 2 is 2.00 bits per heavy atom. The van der Waals surface area contributed by atoms with E-state index in [-0.39, 0.29) is 6.42 Å². The lowest BCUT2D eigenvalue weighted by Gasteiger charge is -2.23. The van der Waals surface area contributed by atoms with Crippen LogP contribution in [0.15, 0.2) is 34.7 Å². The molecule has 21 heavy (non-hydrogen) atoms. The van der Waals surface area contributed by atoms with Crippen molar-refractivity contribution in [2.24, 2.45) is 0 Å². The van der Waals surface area contributed by atoms with Crippen LogP contribution in [0.5, 0.6) is 0 Å². The second-order valence-electron chi connectivity index (χ2n) is 5.00. The number of aromatic nitrogens is 1. The lowest BCUT2D eigenvalue weighted by atomic mass is 10.2. The standard InChI is InChI=1S/C16H20N2O3/c1-12-13(2)21-15(17-12)11-18(10-6-9-16(19)20)14-7-4-3-5-8-14/h3-5,7-8H,6,9-11H2,1-2H3,(H,19,20). The van der Waals surface area contributed by atoms with Crippen LogP contribution in [0.4, 0.5) is 5.69 Å². The van der Waals surface area contributed by atoms with Gasteiger partial charge in [0.05, 0.1) is 12.2 Å². The minimum absolute atomic E-state index is 0.160. The molecule has 0 aliphatic carbocycles. The van der Waals surface area contributed by atoms with Crippen molar-refractivity contribution in [3.05, 3.63) is 47.7 Å². The van der Waals surface area contributed by atoms with Gasteiger partial charge in [-0.15, -0.1) is 0 Å². The number of aliphatic carboxylic acids is 1. The molecule has 0 saturated heterocycles. The number of carbonyl (C=O) groups is 1. The van der Waals surface area contributed by atoms with Gasteiger partial charge in [-0.05, 0) is 32.4 Å². The quantitative estimate of drug-likeness (QED) is 0.847. The molecule has 5 nitrogen and oxygen atoms in total. The fourth-order valence-electron chi connectivity index (χ4n) is 2.13. The third-order valence-corrected chi connectivity index (χ3v) is 3.34. The number of anilines is 1. The SMILES string of the molecule is Cc1nc(CN(CCCC(=O)O)c2ccccc2)oc1C. The van der Waals surface area contributed by atoms with E-state index >= 15 is 0 Å². The molecular weight excluding hydrogens is 268 g/mol. The van der Waals surface area contributed by atoms with Crippen LogP contribution in [0.3, 0.4) is 0 Å². The Kier molecular flexibility index (Phi) is 4.98. The number of rotatable bonds is 7. The van der Waals surface area contributed by atoms with E-state index in [4.69, 9.17) is 9.52 Å². The summed E-state index contributed by atoms with van der Waals surface area (Å²) in [6.07, 6.45) is 0.746. The van der Waals surface area contributed by atoms with Gasteiger partial charge in [0, 0.05) is 18.7 Å². The average molecular weight is 288 g/mol. The highest BCUT2D eigenvalue weighted by Crippen LogP contribution is 2.18. The van der Waals surface area contributed by atoms with Gasteiger partial charge in [-0.1, -0.05) is 18.2 Å². The molecule has 0 aliphatic heterocycles. The van der Waals surface area contributed by atoms with E-state index in [1.165, 1.54) is 0 Å². The van der Waals surface area contributed by atoms with E-state index in [0.717, 1.165) is 17.1 Å². The molecule has 2 rings (SSSR count). The number of para-hydroxylation sites is 1. The first-order chi connectivity index (χ1) is 10.1. The first kappa shape index (κ1) is 15.1. The molecule has 2 aromatic rings. The summed E-state index contributed by atoms with van der Waals surface area (Å²) >= 11 is 0. The van der Waals surface area contributed by atoms with Crippen LogP contribution in [0.2, 0.25) is 0 Å². The number of hydrogen-bond acceptors (Lipinski definition) is 4.